The maximum Gasteiger partial charge on any atom is 0.279 e. The zero-order valence-electron chi connectivity index (χ0n) is 12.5. The van der Waals surface area contributed by atoms with Crippen LogP contribution in [0.1, 0.15) is 30.2 Å². The number of hydrogen-bond acceptors (Lipinski definition) is 4. The van der Waals surface area contributed by atoms with E-state index in [0.29, 0.717) is 13.1 Å². The topological polar surface area (TPSA) is 61.4 Å². The minimum atomic E-state index is -3.38. The molecule has 0 radical (unpaired) electrons. The number of rotatable bonds is 10. The van der Waals surface area contributed by atoms with Crippen molar-refractivity contribution in [3.8, 4) is 0 Å². The maximum atomic E-state index is 12.1. The predicted molar refractivity (Wildman–Crippen MR) is 85.2 cm³/mol. The van der Waals surface area contributed by atoms with Crippen LogP contribution >= 0.6 is 11.3 Å². The summed E-state index contributed by atoms with van der Waals surface area (Å²) in [4.78, 5) is 1.06. The first-order chi connectivity index (χ1) is 9.47. The molecule has 116 valence electrons. The van der Waals surface area contributed by atoms with Gasteiger partial charge in [0.2, 0.25) is 0 Å². The summed E-state index contributed by atoms with van der Waals surface area (Å²) in [7, 11) is -1.77. The van der Waals surface area contributed by atoms with Crippen LogP contribution in [0.4, 0.5) is 0 Å². The van der Waals surface area contributed by atoms with E-state index in [4.69, 9.17) is 0 Å². The molecule has 0 aliphatic heterocycles. The van der Waals surface area contributed by atoms with Crippen LogP contribution in [0.3, 0.4) is 0 Å². The van der Waals surface area contributed by atoms with E-state index < -0.39 is 10.2 Å². The molecule has 5 nitrogen and oxygen atoms in total. The molecular weight excluding hydrogens is 294 g/mol. The SMILES string of the molecule is CCCNCCCN(C)S(=O)(=O)NCc1sccc1C. The lowest BCUT2D eigenvalue weighted by atomic mass is 10.3. The lowest BCUT2D eigenvalue weighted by Crippen LogP contribution is -2.39. The van der Waals surface area contributed by atoms with Gasteiger partial charge in [0.15, 0.2) is 0 Å². The van der Waals surface area contributed by atoms with E-state index >= 15 is 0 Å². The molecule has 0 saturated carbocycles. The average Bonchev–Trinajstić information content (AvgIpc) is 2.81. The summed E-state index contributed by atoms with van der Waals surface area (Å²) in [6.07, 6.45) is 1.91. The Hall–Kier alpha value is -0.470. The molecule has 0 fully saturated rings. The molecule has 1 rings (SSSR count). The third-order valence-corrected chi connectivity index (χ3v) is 5.58. The molecule has 0 aliphatic rings. The molecule has 0 saturated heterocycles. The lowest BCUT2D eigenvalue weighted by molar-refractivity contribution is 0.444. The quantitative estimate of drug-likeness (QED) is 0.646. The highest BCUT2D eigenvalue weighted by Gasteiger charge is 2.17. The van der Waals surface area contributed by atoms with E-state index in [1.165, 1.54) is 4.31 Å². The second-order valence-corrected chi connectivity index (χ2v) is 7.64. The van der Waals surface area contributed by atoms with E-state index in [-0.39, 0.29) is 0 Å². The van der Waals surface area contributed by atoms with Crippen molar-refractivity contribution in [2.45, 2.75) is 33.2 Å². The van der Waals surface area contributed by atoms with E-state index in [1.54, 1.807) is 18.4 Å². The molecule has 1 aromatic heterocycles. The van der Waals surface area contributed by atoms with E-state index in [2.05, 4.69) is 17.0 Å². The monoisotopic (exact) mass is 319 g/mol. The summed E-state index contributed by atoms with van der Waals surface area (Å²) < 4.78 is 28.1. The average molecular weight is 319 g/mol. The fraction of sp³-hybridized carbons (Fsp3) is 0.692. The molecule has 20 heavy (non-hydrogen) atoms. The molecule has 0 bridgehead atoms. The number of aryl methyl sites for hydroxylation is 1. The van der Waals surface area contributed by atoms with Crippen LogP contribution in [0.25, 0.3) is 0 Å². The van der Waals surface area contributed by atoms with Gasteiger partial charge in [0, 0.05) is 25.0 Å². The van der Waals surface area contributed by atoms with E-state index in [1.807, 2.05) is 18.4 Å². The van der Waals surface area contributed by atoms with Gasteiger partial charge in [-0.2, -0.15) is 17.4 Å². The van der Waals surface area contributed by atoms with Crippen molar-refractivity contribution in [3.05, 3.63) is 21.9 Å². The van der Waals surface area contributed by atoms with E-state index in [9.17, 15) is 8.42 Å². The van der Waals surface area contributed by atoms with Crippen molar-refractivity contribution in [3.63, 3.8) is 0 Å². The Bertz CT molecular complexity index is 486. The Morgan fingerprint density at radius 2 is 2.10 bits per heavy atom. The van der Waals surface area contributed by atoms with Gasteiger partial charge in [0.05, 0.1) is 0 Å². The van der Waals surface area contributed by atoms with Gasteiger partial charge in [-0.05, 0) is 49.9 Å². The second-order valence-electron chi connectivity index (χ2n) is 4.78. The normalized spacial score (nSPS) is 12.2. The minimum absolute atomic E-state index is 0.365. The van der Waals surface area contributed by atoms with Crippen molar-refractivity contribution in [1.82, 2.24) is 14.3 Å². The minimum Gasteiger partial charge on any atom is -0.317 e. The van der Waals surface area contributed by atoms with Crippen LogP contribution in [0.2, 0.25) is 0 Å². The van der Waals surface area contributed by atoms with Crippen LogP contribution in [0.5, 0.6) is 0 Å². The summed E-state index contributed by atoms with van der Waals surface area (Å²) in [5.74, 6) is 0. The van der Waals surface area contributed by atoms with Gasteiger partial charge in [-0.1, -0.05) is 6.92 Å². The van der Waals surface area contributed by atoms with Crippen molar-refractivity contribution >= 4 is 21.5 Å². The van der Waals surface area contributed by atoms with E-state index in [0.717, 1.165) is 36.4 Å². The predicted octanol–water partition coefficient (Wildman–Crippen LogP) is 1.71. The Kier molecular flexibility index (Phi) is 7.68. The van der Waals surface area contributed by atoms with Crippen LogP contribution in [-0.2, 0) is 16.8 Å². The van der Waals surface area contributed by atoms with Gasteiger partial charge in [0.1, 0.15) is 0 Å². The van der Waals surface area contributed by atoms with Crippen molar-refractivity contribution in [2.24, 2.45) is 0 Å². The largest absolute Gasteiger partial charge is 0.317 e. The first-order valence-corrected chi connectivity index (χ1v) is 9.24. The number of thiophene rings is 1. The highest BCUT2D eigenvalue weighted by atomic mass is 32.2. The van der Waals surface area contributed by atoms with Crippen LogP contribution in [0, 0.1) is 6.92 Å². The molecule has 0 amide bonds. The number of nitrogens with one attached hydrogen (secondary N) is 2. The Balaban J connectivity index is 2.34. The fourth-order valence-electron chi connectivity index (χ4n) is 1.70. The smallest absolute Gasteiger partial charge is 0.279 e. The summed E-state index contributed by atoms with van der Waals surface area (Å²) >= 11 is 1.57. The zero-order valence-corrected chi connectivity index (χ0v) is 14.1. The Morgan fingerprint density at radius 1 is 1.35 bits per heavy atom. The summed E-state index contributed by atoms with van der Waals surface area (Å²) in [6, 6.07) is 2.00. The second kappa shape index (κ2) is 8.74. The third kappa shape index (κ3) is 5.88. The summed E-state index contributed by atoms with van der Waals surface area (Å²) in [6.45, 7) is 6.81. The van der Waals surface area contributed by atoms with Gasteiger partial charge in [-0.3, -0.25) is 0 Å². The Morgan fingerprint density at radius 3 is 2.70 bits per heavy atom. The lowest BCUT2D eigenvalue weighted by Gasteiger charge is -2.17. The first-order valence-electron chi connectivity index (χ1n) is 6.92. The Labute approximate surface area is 126 Å². The first kappa shape index (κ1) is 17.6. The van der Waals surface area contributed by atoms with Crippen LogP contribution < -0.4 is 10.0 Å². The number of nitrogens with zero attached hydrogens (tertiary/aromatic N) is 1. The molecule has 0 unspecified atom stereocenters. The molecule has 7 heteroatoms. The molecule has 0 aromatic carbocycles. The van der Waals surface area contributed by atoms with Crippen LogP contribution in [-0.4, -0.2) is 39.4 Å². The molecule has 1 heterocycles. The van der Waals surface area contributed by atoms with Gasteiger partial charge in [0.25, 0.3) is 10.2 Å². The van der Waals surface area contributed by atoms with Gasteiger partial charge >= 0.3 is 0 Å². The van der Waals surface area contributed by atoms with Crippen LogP contribution in [0.15, 0.2) is 11.4 Å². The molecule has 0 aliphatic carbocycles. The molecule has 0 atom stereocenters. The van der Waals surface area contributed by atoms with Crippen molar-refractivity contribution < 1.29 is 8.42 Å². The maximum absolute atomic E-state index is 12.1. The van der Waals surface area contributed by atoms with Crippen molar-refractivity contribution in [1.29, 1.82) is 0 Å². The van der Waals surface area contributed by atoms with Gasteiger partial charge < -0.3 is 5.32 Å². The fourth-order valence-corrected chi connectivity index (χ4v) is 3.55. The standard InChI is InChI=1S/C13H25N3O2S2/c1-4-7-14-8-5-9-16(3)20(17,18)15-11-13-12(2)6-10-19-13/h6,10,14-15H,4-5,7-9,11H2,1-3H3. The third-order valence-electron chi connectivity index (χ3n) is 3.05. The highest BCUT2D eigenvalue weighted by molar-refractivity contribution is 7.87. The van der Waals surface area contributed by atoms with Gasteiger partial charge in [-0.25, -0.2) is 0 Å². The van der Waals surface area contributed by atoms with Gasteiger partial charge in [-0.15, -0.1) is 11.3 Å². The van der Waals surface area contributed by atoms with Crippen molar-refractivity contribution in [2.75, 3.05) is 26.7 Å². The summed E-state index contributed by atoms with van der Waals surface area (Å²) in [5.41, 5.74) is 1.13. The molecular formula is C13H25N3O2S2. The number of hydrogen-bond donors (Lipinski definition) is 2. The highest BCUT2D eigenvalue weighted by Crippen LogP contribution is 2.15. The molecule has 2 N–H and O–H groups in total. The zero-order chi connectivity index (χ0) is 15.0. The molecule has 0 spiro atoms. The molecule has 1 aromatic rings. The summed E-state index contributed by atoms with van der Waals surface area (Å²) in [5, 5.41) is 5.24.